The number of ether oxygens (including phenoxy) is 1. The zero-order valence-electron chi connectivity index (χ0n) is 12.3. The highest BCUT2D eigenvalue weighted by atomic mass is 16.5. The highest BCUT2D eigenvalue weighted by Gasteiger charge is 2.15. The van der Waals surface area contributed by atoms with Crippen molar-refractivity contribution in [3.05, 3.63) is 53.0 Å². The Bertz CT molecular complexity index is 633. The molecule has 0 fully saturated rings. The van der Waals surface area contributed by atoms with Crippen LogP contribution < -0.4 is 10.1 Å². The number of hydrogen-bond donors (Lipinski definition) is 2. The molecule has 0 aliphatic rings. The van der Waals surface area contributed by atoms with E-state index in [0.717, 1.165) is 11.3 Å². The quantitative estimate of drug-likeness (QED) is 0.854. The van der Waals surface area contributed by atoms with Crippen LogP contribution in [0.1, 0.15) is 40.4 Å². The summed E-state index contributed by atoms with van der Waals surface area (Å²) in [7, 11) is 1.64. The third-order valence-electron chi connectivity index (χ3n) is 3.34. The van der Waals surface area contributed by atoms with Crippen LogP contribution in [-0.4, -0.2) is 18.2 Å². The van der Waals surface area contributed by atoms with Crippen molar-refractivity contribution in [3.63, 3.8) is 0 Å². The second kappa shape index (κ2) is 6.45. The number of benzene rings is 1. The van der Waals surface area contributed by atoms with Crippen LogP contribution in [0.4, 0.5) is 0 Å². The van der Waals surface area contributed by atoms with Crippen molar-refractivity contribution in [2.75, 3.05) is 7.11 Å². The Kier molecular flexibility index (Phi) is 4.65. The van der Waals surface area contributed by atoms with Gasteiger partial charge in [0.05, 0.1) is 13.7 Å². The maximum Gasteiger partial charge on any atom is 0.372 e. The molecule has 2 rings (SSSR count). The van der Waals surface area contributed by atoms with Crippen LogP contribution in [0.15, 0.2) is 34.7 Å². The summed E-state index contributed by atoms with van der Waals surface area (Å²) in [5.41, 5.74) is 1.73. The molecule has 0 aliphatic carbocycles. The van der Waals surface area contributed by atoms with Crippen LogP contribution in [0.2, 0.25) is 0 Å². The first-order valence-corrected chi connectivity index (χ1v) is 6.71. The number of aryl methyl sites for hydroxylation is 1. The van der Waals surface area contributed by atoms with Gasteiger partial charge >= 0.3 is 5.97 Å². The Morgan fingerprint density at radius 3 is 2.81 bits per heavy atom. The van der Waals surface area contributed by atoms with Crippen molar-refractivity contribution in [1.29, 1.82) is 0 Å². The standard InChI is InChI=1S/C16H19NO4/c1-10-7-14(21-15(10)16(18)19)9-17-11(2)12-5-4-6-13(8-12)20-3/h4-8,11,17H,9H2,1-3H3,(H,18,19)/t11-/m0/s1. The summed E-state index contributed by atoms with van der Waals surface area (Å²) in [5, 5.41) is 12.3. The summed E-state index contributed by atoms with van der Waals surface area (Å²) in [5.74, 6) is 0.378. The van der Waals surface area contributed by atoms with Crippen molar-refractivity contribution in [2.24, 2.45) is 0 Å². The molecule has 2 aromatic rings. The van der Waals surface area contributed by atoms with Crippen molar-refractivity contribution in [3.8, 4) is 5.75 Å². The zero-order valence-corrected chi connectivity index (χ0v) is 12.3. The molecule has 0 bridgehead atoms. The molecule has 5 heteroatoms. The van der Waals surface area contributed by atoms with E-state index in [-0.39, 0.29) is 11.8 Å². The van der Waals surface area contributed by atoms with E-state index in [0.29, 0.717) is 17.9 Å². The molecule has 0 radical (unpaired) electrons. The van der Waals surface area contributed by atoms with Gasteiger partial charge in [0.1, 0.15) is 11.5 Å². The molecule has 21 heavy (non-hydrogen) atoms. The second-order valence-corrected chi connectivity index (χ2v) is 4.91. The summed E-state index contributed by atoms with van der Waals surface area (Å²) in [6.07, 6.45) is 0. The van der Waals surface area contributed by atoms with Gasteiger partial charge in [0, 0.05) is 11.6 Å². The van der Waals surface area contributed by atoms with Crippen LogP contribution in [0, 0.1) is 6.92 Å². The van der Waals surface area contributed by atoms with E-state index in [1.807, 2.05) is 31.2 Å². The largest absolute Gasteiger partial charge is 0.497 e. The number of methoxy groups -OCH3 is 1. The van der Waals surface area contributed by atoms with Crippen LogP contribution in [-0.2, 0) is 6.54 Å². The number of nitrogens with one attached hydrogen (secondary N) is 1. The number of furan rings is 1. The predicted octanol–water partition coefficient (Wildman–Crippen LogP) is 3.15. The highest BCUT2D eigenvalue weighted by Crippen LogP contribution is 2.20. The van der Waals surface area contributed by atoms with Crippen molar-refractivity contribution < 1.29 is 19.1 Å². The summed E-state index contributed by atoms with van der Waals surface area (Å²) in [6, 6.07) is 9.65. The molecule has 0 unspecified atom stereocenters. The van der Waals surface area contributed by atoms with Crippen molar-refractivity contribution in [2.45, 2.75) is 26.4 Å². The molecule has 1 aromatic heterocycles. The Morgan fingerprint density at radius 1 is 1.43 bits per heavy atom. The number of carbonyl (C=O) groups is 1. The zero-order chi connectivity index (χ0) is 15.4. The summed E-state index contributed by atoms with van der Waals surface area (Å²) >= 11 is 0. The Labute approximate surface area is 123 Å². The number of carboxylic acid groups (broad SMARTS) is 1. The molecule has 5 nitrogen and oxygen atoms in total. The van der Waals surface area contributed by atoms with Gasteiger partial charge < -0.3 is 19.6 Å². The summed E-state index contributed by atoms with van der Waals surface area (Å²) in [6.45, 7) is 4.22. The van der Waals surface area contributed by atoms with Gasteiger partial charge in [0.15, 0.2) is 0 Å². The smallest absolute Gasteiger partial charge is 0.372 e. The molecular weight excluding hydrogens is 270 g/mol. The lowest BCUT2D eigenvalue weighted by molar-refractivity contribution is 0.0659. The van der Waals surface area contributed by atoms with E-state index < -0.39 is 5.97 Å². The average Bonchev–Trinajstić information content (AvgIpc) is 2.86. The van der Waals surface area contributed by atoms with Crippen molar-refractivity contribution >= 4 is 5.97 Å². The molecule has 1 atom stereocenters. The van der Waals surface area contributed by atoms with Gasteiger partial charge in [-0.25, -0.2) is 4.79 Å². The first-order valence-electron chi connectivity index (χ1n) is 6.71. The third-order valence-corrected chi connectivity index (χ3v) is 3.34. The lowest BCUT2D eigenvalue weighted by atomic mass is 10.1. The molecule has 0 aliphatic heterocycles. The fourth-order valence-electron chi connectivity index (χ4n) is 2.13. The molecule has 2 N–H and O–H groups in total. The SMILES string of the molecule is COc1cccc([C@H](C)NCc2cc(C)c(C(=O)O)o2)c1. The van der Waals surface area contributed by atoms with Gasteiger partial charge in [-0.15, -0.1) is 0 Å². The van der Waals surface area contributed by atoms with E-state index in [9.17, 15) is 4.79 Å². The van der Waals surface area contributed by atoms with Gasteiger partial charge in [0.25, 0.3) is 0 Å². The maximum absolute atomic E-state index is 10.9. The Balaban J connectivity index is 2.02. The number of hydrogen-bond acceptors (Lipinski definition) is 4. The summed E-state index contributed by atoms with van der Waals surface area (Å²) in [4.78, 5) is 10.9. The van der Waals surface area contributed by atoms with E-state index in [2.05, 4.69) is 5.32 Å². The molecular formula is C16H19NO4. The molecule has 1 heterocycles. The molecule has 112 valence electrons. The van der Waals surface area contributed by atoms with Crippen LogP contribution in [0.25, 0.3) is 0 Å². The van der Waals surface area contributed by atoms with E-state index in [4.69, 9.17) is 14.3 Å². The van der Waals surface area contributed by atoms with Gasteiger partial charge in [-0.05, 0) is 37.6 Å². The molecule has 0 amide bonds. The second-order valence-electron chi connectivity index (χ2n) is 4.91. The molecule has 0 saturated carbocycles. The van der Waals surface area contributed by atoms with Crippen LogP contribution in [0.3, 0.4) is 0 Å². The van der Waals surface area contributed by atoms with E-state index in [1.54, 1.807) is 20.1 Å². The van der Waals surface area contributed by atoms with Gasteiger partial charge in [-0.1, -0.05) is 12.1 Å². The van der Waals surface area contributed by atoms with Crippen molar-refractivity contribution in [1.82, 2.24) is 5.32 Å². The molecule has 1 aromatic carbocycles. The normalized spacial score (nSPS) is 12.1. The molecule has 0 spiro atoms. The lowest BCUT2D eigenvalue weighted by Crippen LogP contribution is -2.17. The van der Waals surface area contributed by atoms with Crippen LogP contribution >= 0.6 is 0 Å². The topological polar surface area (TPSA) is 71.7 Å². The minimum Gasteiger partial charge on any atom is -0.497 e. The lowest BCUT2D eigenvalue weighted by Gasteiger charge is -2.14. The molecule has 0 saturated heterocycles. The maximum atomic E-state index is 10.9. The highest BCUT2D eigenvalue weighted by molar-refractivity contribution is 5.86. The minimum atomic E-state index is -1.04. The summed E-state index contributed by atoms with van der Waals surface area (Å²) < 4.78 is 10.5. The van der Waals surface area contributed by atoms with Crippen LogP contribution in [0.5, 0.6) is 5.75 Å². The van der Waals surface area contributed by atoms with Gasteiger partial charge in [0.2, 0.25) is 5.76 Å². The number of carboxylic acids is 1. The number of rotatable bonds is 6. The van der Waals surface area contributed by atoms with Gasteiger partial charge in [-0.2, -0.15) is 0 Å². The average molecular weight is 289 g/mol. The van der Waals surface area contributed by atoms with Gasteiger partial charge in [-0.3, -0.25) is 0 Å². The third kappa shape index (κ3) is 3.64. The monoisotopic (exact) mass is 289 g/mol. The van der Waals surface area contributed by atoms with E-state index in [1.165, 1.54) is 0 Å². The Morgan fingerprint density at radius 2 is 2.19 bits per heavy atom. The first-order chi connectivity index (χ1) is 10.0. The first kappa shape index (κ1) is 15.1. The predicted molar refractivity (Wildman–Crippen MR) is 78.7 cm³/mol. The fourth-order valence-corrected chi connectivity index (χ4v) is 2.13. The Hall–Kier alpha value is -2.27. The fraction of sp³-hybridized carbons (Fsp3) is 0.312. The van der Waals surface area contributed by atoms with E-state index >= 15 is 0 Å². The number of aromatic carboxylic acids is 1. The minimum absolute atomic E-state index is 0.000772.